The van der Waals surface area contributed by atoms with E-state index in [9.17, 15) is 9.59 Å². The van der Waals surface area contributed by atoms with Crippen molar-refractivity contribution in [3.05, 3.63) is 11.1 Å². The summed E-state index contributed by atoms with van der Waals surface area (Å²) in [5.74, 6) is -2.14. The molecule has 0 aliphatic heterocycles. The van der Waals surface area contributed by atoms with Gasteiger partial charge in [0, 0.05) is 0 Å². The average molecular weight is 275 g/mol. The van der Waals surface area contributed by atoms with Gasteiger partial charge in [-0.2, -0.15) is 0 Å². The minimum absolute atomic E-state index is 0.0304. The Balaban J connectivity index is 2.68. The number of esters is 1. The molecule has 0 spiro atoms. The number of carbonyl (C=O) groups is 2. The lowest BCUT2D eigenvalue weighted by Gasteiger charge is -2.09. The molecule has 0 radical (unpaired) electrons. The molecular formula is C13H19ClO4. The molecule has 18 heavy (non-hydrogen) atoms. The summed E-state index contributed by atoms with van der Waals surface area (Å²) in [6, 6.07) is 0. The van der Waals surface area contributed by atoms with Crippen LogP contribution >= 0.6 is 11.6 Å². The average Bonchev–Trinajstić information content (AvgIpc) is 2.80. The zero-order valence-corrected chi connectivity index (χ0v) is 11.8. The fourth-order valence-electron chi connectivity index (χ4n) is 2.01. The predicted octanol–water partition coefficient (Wildman–Crippen LogP) is 2.81. The van der Waals surface area contributed by atoms with Crippen molar-refractivity contribution in [3.8, 4) is 0 Å². The van der Waals surface area contributed by atoms with Gasteiger partial charge in [0.15, 0.2) is 0 Å². The monoisotopic (exact) mass is 274 g/mol. The highest BCUT2D eigenvalue weighted by molar-refractivity contribution is 6.41. The van der Waals surface area contributed by atoms with Crippen LogP contribution in [0.5, 0.6) is 0 Å². The maximum atomic E-state index is 11.6. The van der Waals surface area contributed by atoms with Gasteiger partial charge in [0.2, 0.25) is 0 Å². The van der Waals surface area contributed by atoms with Gasteiger partial charge in [-0.05, 0) is 24.7 Å². The molecule has 1 aliphatic carbocycles. The van der Waals surface area contributed by atoms with Crippen molar-refractivity contribution in [2.75, 3.05) is 0 Å². The Hall–Kier alpha value is -1.03. The Kier molecular flexibility index (Phi) is 4.43. The maximum Gasteiger partial charge on any atom is 0.349 e. The lowest BCUT2D eigenvalue weighted by Crippen LogP contribution is -2.14. The van der Waals surface area contributed by atoms with E-state index < -0.39 is 17.9 Å². The zero-order valence-electron chi connectivity index (χ0n) is 11.1. The van der Waals surface area contributed by atoms with Crippen molar-refractivity contribution >= 4 is 23.5 Å². The third-order valence-electron chi connectivity index (χ3n) is 3.58. The van der Waals surface area contributed by atoms with Crippen molar-refractivity contribution < 1.29 is 19.4 Å². The molecule has 1 saturated carbocycles. The zero-order chi connectivity index (χ0) is 14.1. The molecule has 4 nitrogen and oxygen atoms in total. The predicted molar refractivity (Wildman–Crippen MR) is 68.2 cm³/mol. The molecule has 0 saturated heterocycles. The highest BCUT2D eigenvalue weighted by atomic mass is 35.5. The topological polar surface area (TPSA) is 63.6 Å². The maximum absolute atomic E-state index is 11.6. The minimum Gasteiger partial charge on any atom is -0.481 e. The number of carboxylic acid groups (broad SMARTS) is 1. The first-order chi connectivity index (χ1) is 8.21. The molecule has 0 heterocycles. The molecule has 1 aliphatic rings. The van der Waals surface area contributed by atoms with Crippen LogP contribution in [0.4, 0.5) is 0 Å². The van der Waals surface area contributed by atoms with Gasteiger partial charge >= 0.3 is 11.9 Å². The van der Waals surface area contributed by atoms with Gasteiger partial charge < -0.3 is 9.84 Å². The van der Waals surface area contributed by atoms with E-state index in [1.807, 2.05) is 20.8 Å². The van der Waals surface area contributed by atoms with Crippen LogP contribution in [-0.2, 0) is 14.3 Å². The number of hydrogen-bond acceptors (Lipinski definition) is 3. The Morgan fingerprint density at radius 1 is 1.50 bits per heavy atom. The number of ether oxygens (including phenoxy) is 1. The number of halogens is 1. The number of carboxylic acids is 1. The van der Waals surface area contributed by atoms with Crippen LogP contribution in [0, 0.1) is 17.3 Å². The molecule has 0 bridgehead atoms. The van der Waals surface area contributed by atoms with Crippen molar-refractivity contribution in [2.24, 2.45) is 17.3 Å². The van der Waals surface area contributed by atoms with Crippen molar-refractivity contribution in [3.63, 3.8) is 0 Å². The van der Waals surface area contributed by atoms with Crippen molar-refractivity contribution in [2.45, 2.75) is 40.2 Å². The Morgan fingerprint density at radius 2 is 2.06 bits per heavy atom. The third-order valence-corrected chi connectivity index (χ3v) is 3.86. The molecule has 0 aromatic heterocycles. The van der Waals surface area contributed by atoms with E-state index in [1.54, 1.807) is 6.92 Å². The highest BCUT2D eigenvalue weighted by Crippen LogP contribution is 2.59. The van der Waals surface area contributed by atoms with Crippen molar-refractivity contribution in [1.82, 2.24) is 0 Å². The van der Waals surface area contributed by atoms with Gasteiger partial charge in [-0.25, -0.2) is 4.79 Å². The second-order valence-corrected chi connectivity index (χ2v) is 5.71. The van der Waals surface area contributed by atoms with E-state index in [1.165, 1.54) is 6.08 Å². The molecule has 5 heteroatoms. The summed E-state index contributed by atoms with van der Waals surface area (Å²) in [6.45, 7) is 7.37. The second kappa shape index (κ2) is 5.31. The first-order valence-electron chi connectivity index (χ1n) is 6.02. The first kappa shape index (κ1) is 15.0. The molecule has 1 N–H and O–H groups in total. The largest absolute Gasteiger partial charge is 0.481 e. The first-order valence-corrected chi connectivity index (χ1v) is 6.40. The number of aliphatic carboxylic acids is 1. The van der Waals surface area contributed by atoms with Gasteiger partial charge in [-0.15, -0.1) is 0 Å². The fourth-order valence-corrected chi connectivity index (χ4v) is 2.19. The van der Waals surface area contributed by atoms with E-state index in [2.05, 4.69) is 0 Å². The SMILES string of the molecule is CCC(C)OC(=O)/C(Cl)=C/[C@H]1[C@@H](C(=O)O)C1(C)C. The Bertz CT molecular complexity index is 386. The molecule has 0 aromatic rings. The lowest BCUT2D eigenvalue weighted by molar-refractivity contribution is -0.143. The van der Waals surface area contributed by atoms with Crippen LogP contribution < -0.4 is 0 Å². The third kappa shape index (κ3) is 3.05. The number of allylic oxidation sites excluding steroid dienone is 1. The normalized spacial score (nSPS) is 27.5. The van der Waals surface area contributed by atoms with Crippen LogP contribution in [0.25, 0.3) is 0 Å². The quantitative estimate of drug-likeness (QED) is 0.618. The summed E-state index contributed by atoms with van der Waals surface area (Å²) < 4.78 is 5.07. The molecule has 0 amide bonds. The summed E-state index contributed by atoms with van der Waals surface area (Å²) in [5.41, 5.74) is -0.359. The molecule has 1 rings (SSSR count). The molecule has 3 atom stereocenters. The number of hydrogen-bond donors (Lipinski definition) is 1. The van der Waals surface area contributed by atoms with Crippen LogP contribution in [-0.4, -0.2) is 23.1 Å². The lowest BCUT2D eigenvalue weighted by atomic mass is 10.1. The summed E-state index contributed by atoms with van der Waals surface area (Å²) in [6.07, 6.45) is 2.02. The van der Waals surface area contributed by atoms with Gasteiger partial charge in [-0.3, -0.25) is 4.79 Å². The van der Waals surface area contributed by atoms with E-state index in [4.69, 9.17) is 21.4 Å². The van der Waals surface area contributed by atoms with E-state index in [0.29, 0.717) is 6.42 Å². The highest BCUT2D eigenvalue weighted by Gasteiger charge is 2.61. The summed E-state index contributed by atoms with van der Waals surface area (Å²) in [4.78, 5) is 22.6. The summed E-state index contributed by atoms with van der Waals surface area (Å²) in [5, 5.41) is 8.98. The number of carbonyl (C=O) groups excluding carboxylic acids is 1. The molecule has 102 valence electrons. The molecular weight excluding hydrogens is 256 g/mol. The summed E-state index contributed by atoms with van der Waals surface area (Å²) >= 11 is 5.86. The smallest absolute Gasteiger partial charge is 0.349 e. The van der Waals surface area contributed by atoms with E-state index >= 15 is 0 Å². The van der Waals surface area contributed by atoms with Crippen molar-refractivity contribution in [1.29, 1.82) is 0 Å². The summed E-state index contributed by atoms with van der Waals surface area (Å²) in [7, 11) is 0. The van der Waals surface area contributed by atoms with Gasteiger partial charge in [-0.1, -0.05) is 38.4 Å². The standard InChI is InChI=1S/C13H19ClO4/c1-5-7(2)18-12(17)9(14)6-8-10(11(15)16)13(8,3)4/h6-8,10H,5H2,1-4H3,(H,15,16)/b9-6-/t7?,8-,10-/m0/s1. The number of rotatable bonds is 5. The van der Waals surface area contributed by atoms with Crippen LogP contribution in [0.2, 0.25) is 0 Å². The van der Waals surface area contributed by atoms with E-state index in [0.717, 1.165) is 0 Å². The molecule has 0 aromatic carbocycles. The Labute approximate surface area is 112 Å². The Morgan fingerprint density at radius 3 is 2.44 bits per heavy atom. The van der Waals surface area contributed by atoms with Gasteiger partial charge in [0.05, 0.1) is 12.0 Å². The van der Waals surface area contributed by atoms with Crippen LogP contribution in [0.15, 0.2) is 11.1 Å². The van der Waals surface area contributed by atoms with Gasteiger partial charge in [0.1, 0.15) is 5.03 Å². The van der Waals surface area contributed by atoms with Crippen LogP contribution in [0.1, 0.15) is 34.1 Å². The minimum atomic E-state index is -0.860. The van der Waals surface area contributed by atoms with E-state index in [-0.39, 0.29) is 22.5 Å². The second-order valence-electron chi connectivity index (χ2n) is 5.30. The molecule has 1 fully saturated rings. The van der Waals surface area contributed by atoms with Crippen LogP contribution in [0.3, 0.4) is 0 Å². The molecule has 1 unspecified atom stereocenters. The van der Waals surface area contributed by atoms with Gasteiger partial charge in [0.25, 0.3) is 0 Å². The fraction of sp³-hybridized carbons (Fsp3) is 0.692.